The molecule has 0 saturated carbocycles. The fourth-order valence-electron chi connectivity index (χ4n) is 2.72. The molecular formula is C17H20FN3O2S. The summed E-state index contributed by atoms with van der Waals surface area (Å²) in [7, 11) is 2.03. The maximum atomic E-state index is 13.9. The van der Waals surface area contributed by atoms with Crippen molar-refractivity contribution in [2.75, 3.05) is 38.2 Å². The average Bonchev–Trinajstić information content (AvgIpc) is 3.09. The van der Waals surface area contributed by atoms with Crippen LogP contribution >= 0.6 is 11.3 Å². The number of ether oxygens (including phenoxy) is 1. The third kappa shape index (κ3) is 4.17. The number of aromatic nitrogens is 1. The Morgan fingerprint density at radius 3 is 3.04 bits per heavy atom. The van der Waals surface area contributed by atoms with Gasteiger partial charge in [0.25, 0.3) is 0 Å². The minimum Gasteiger partial charge on any atom is -0.374 e. The van der Waals surface area contributed by atoms with Crippen LogP contribution in [0.15, 0.2) is 35.8 Å². The number of benzene rings is 1. The molecule has 1 atom stereocenters. The van der Waals surface area contributed by atoms with Gasteiger partial charge in [0.15, 0.2) is 5.13 Å². The molecule has 0 N–H and O–H groups in total. The van der Waals surface area contributed by atoms with Crippen LogP contribution in [0.5, 0.6) is 0 Å². The molecule has 1 aliphatic rings. The Labute approximate surface area is 144 Å². The molecule has 2 aromatic rings. The highest BCUT2D eigenvalue weighted by molar-refractivity contribution is 7.13. The molecule has 2 heterocycles. The third-order valence-electron chi connectivity index (χ3n) is 3.98. The summed E-state index contributed by atoms with van der Waals surface area (Å²) in [5.41, 5.74) is 0.394. The topological polar surface area (TPSA) is 45.7 Å². The molecule has 0 bridgehead atoms. The van der Waals surface area contributed by atoms with Crippen LogP contribution in [-0.4, -0.2) is 55.2 Å². The zero-order valence-electron chi connectivity index (χ0n) is 13.5. The normalized spacial score (nSPS) is 18.5. The first-order chi connectivity index (χ1) is 11.6. The highest BCUT2D eigenvalue weighted by atomic mass is 32.1. The predicted octanol–water partition coefficient (Wildman–Crippen LogP) is 2.19. The van der Waals surface area contributed by atoms with E-state index < -0.39 is 0 Å². The first-order valence-corrected chi connectivity index (χ1v) is 8.75. The van der Waals surface area contributed by atoms with Crippen LogP contribution in [0, 0.1) is 5.82 Å². The van der Waals surface area contributed by atoms with Crippen molar-refractivity contribution in [3.8, 4) is 0 Å². The van der Waals surface area contributed by atoms with Crippen LogP contribution in [0.25, 0.3) is 0 Å². The zero-order valence-corrected chi connectivity index (χ0v) is 14.3. The van der Waals surface area contributed by atoms with Crippen molar-refractivity contribution in [3.05, 3.63) is 47.2 Å². The molecule has 7 heteroatoms. The van der Waals surface area contributed by atoms with E-state index in [2.05, 4.69) is 9.88 Å². The largest absolute Gasteiger partial charge is 0.374 e. The van der Waals surface area contributed by atoms with Crippen molar-refractivity contribution < 1.29 is 13.9 Å². The van der Waals surface area contributed by atoms with Crippen molar-refractivity contribution in [3.63, 3.8) is 0 Å². The molecule has 24 heavy (non-hydrogen) atoms. The number of amides is 1. The lowest BCUT2D eigenvalue weighted by Gasteiger charge is -2.33. The van der Waals surface area contributed by atoms with E-state index in [1.54, 1.807) is 29.3 Å². The van der Waals surface area contributed by atoms with Crippen molar-refractivity contribution in [2.24, 2.45) is 0 Å². The minimum absolute atomic E-state index is 0.00874. The molecule has 5 nitrogen and oxygen atoms in total. The Morgan fingerprint density at radius 2 is 2.33 bits per heavy atom. The first-order valence-electron chi connectivity index (χ1n) is 7.87. The molecule has 0 aliphatic carbocycles. The number of carbonyl (C=O) groups is 1. The molecule has 1 aromatic carbocycles. The van der Waals surface area contributed by atoms with Gasteiger partial charge in [0.05, 0.1) is 25.7 Å². The molecule has 0 radical (unpaired) electrons. The molecule has 1 saturated heterocycles. The van der Waals surface area contributed by atoms with E-state index in [1.807, 2.05) is 12.4 Å². The zero-order chi connectivity index (χ0) is 16.9. The highest BCUT2D eigenvalue weighted by Gasteiger charge is 2.26. The van der Waals surface area contributed by atoms with Crippen LogP contribution in [0.1, 0.15) is 5.56 Å². The third-order valence-corrected chi connectivity index (χ3v) is 4.77. The summed E-state index contributed by atoms with van der Waals surface area (Å²) in [6.07, 6.45) is 1.60. The highest BCUT2D eigenvalue weighted by Crippen LogP contribution is 2.21. The van der Waals surface area contributed by atoms with Gasteiger partial charge in [-0.2, -0.15) is 0 Å². The van der Waals surface area contributed by atoms with E-state index in [0.29, 0.717) is 23.8 Å². The van der Waals surface area contributed by atoms with Crippen LogP contribution in [-0.2, 0) is 16.0 Å². The fraction of sp³-hybridized carbons (Fsp3) is 0.412. The molecule has 1 fully saturated rings. The summed E-state index contributed by atoms with van der Waals surface area (Å²) in [5, 5.41) is 2.44. The molecule has 128 valence electrons. The molecule has 0 spiro atoms. The lowest BCUT2D eigenvalue weighted by Crippen LogP contribution is -2.48. The number of likely N-dealkylation sites (N-methyl/N-ethyl adjacent to an activating group) is 1. The Balaban J connectivity index is 1.75. The Kier molecular flexibility index (Phi) is 5.55. The van der Waals surface area contributed by atoms with Crippen molar-refractivity contribution in [1.82, 2.24) is 9.88 Å². The predicted molar refractivity (Wildman–Crippen MR) is 91.8 cm³/mol. The SMILES string of the molecule is CN1CCO[C@H](CN(C(=O)Cc2ccccc2F)c2nccs2)C1. The Hall–Kier alpha value is -1.83. The first kappa shape index (κ1) is 17.0. The summed E-state index contributed by atoms with van der Waals surface area (Å²) < 4.78 is 19.6. The minimum atomic E-state index is -0.362. The molecule has 3 rings (SSSR count). The number of thiazole rings is 1. The Bertz CT molecular complexity index is 680. The maximum absolute atomic E-state index is 13.9. The summed E-state index contributed by atoms with van der Waals surface area (Å²) >= 11 is 1.39. The molecule has 0 unspecified atom stereocenters. The second kappa shape index (κ2) is 7.83. The van der Waals surface area contributed by atoms with Crippen molar-refractivity contribution >= 4 is 22.4 Å². The quantitative estimate of drug-likeness (QED) is 0.830. The van der Waals surface area contributed by atoms with E-state index in [-0.39, 0.29) is 24.2 Å². The van der Waals surface area contributed by atoms with Gasteiger partial charge in [0, 0.05) is 24.7 Å². The van der Waals surface area contributed by atoms with Crippen LogP contribution in [0.3, 0.4) is 0 Å². The van der Waals surface area contributed by atoms with Gasteiger partial charge in [-0.15, -0.1) is 11.3 Å². The molecule has 1 aliphatic heterocycles. The molecule has 1 amide bonds. The van der Waals surface area contributed by atoms with Crippen LogP contribution in [0.2, 0.25) is 0 Å². The fourth-order valence-corrected chi connectivity index (χ4v) is 3.39. The smallest absolute Gasteiger partial charge is 0.233 e. The van der Waals surface area contributed by atoms with Gasteiger partial charge in [0.1, 0.15) is 5.82 Å². The monoisotopic (exact) mass is 349 g/mol. The standard InChI is InChI=1S/C17H20FN3O2S/c1-20-7-8-23-14(11-20)12-21(17-19-6-9-24-17)16(22)10-13-4-2-3-5-15(13)18/h2-6,9,14H,7-8,10-12H2,1H3/t14-/m0/s1. The van der Waals surface area contributed by atoms with Gasteiger partial charge in [0.2, 0.25) is 5.91 Å². The number of rotatable bonds is 5. The van der Waals surface area contributed by atoms with Gasteiger partial charge in [-0.25, -0.2) is 9.37 Å². The number of hydrogen-bond donors (Lipinski definition) is 0. The van der Waals surface area contributed by atoms with E-state index in [9.17, 15) is 9.18 Å². The van der Waals surface area contributed by atoms with E-state index in [1.165, 1.54) is 17.4 Å². The number of morpholine rings is 1. The maximum Gasteiger partial charge on any atom is 0.233 e. The number of anilines is 1. The van der Waals surface area contributed by atoms with E-state index >= 15 is 0 Å². The van der Waals surface area contributed by atoms with Crippen LogP contribution in [0.4, 0.5) is 9.52 Å². The summed E-state index contributed by atoms with van der Waals surface area (Å²) in [6.45, 7) is 2.71. The summed E-state index contributed by atoms with van der Waals surface area (Å²) in [6, 6.07) is 6.36. The number of nitrogens with zero attached hydrogens (tertiary/aromatic N) is 3. The van der Waals surface area contributed by atoms with Crippen molar-refractivity contribution in [2.45, 2.75) is 12.5 Å². The number of halogens is 1. The summed E-state index contributed by atoms with van der Waals surface area (Å²) in [5.74, 6) is -0.537. The van der Waals surface area contributed by atoms with Gasteiger partial charge >= 0.3 is 0 Å². The van der Waals surface area contributed by atoms with Gasteiger partial charge in [-0.3, -0.25) is 9.69 Å². The second-order valence-electron chi connectivity index (χ2n) is 5.84. The van der Waals surface area contributed by atoms with Crippen molar-refractivity contribution in [1.29, 1.82) is 0 Å². The van der Waals surface area contributed by atoms with Crippen LogP contribution < -0.4 is 4.90 Å². The van der Waals surface area contributed by atoms with Gasteiger partial charge in [-0.1, -0.05) is 18.2 Å². The lowest BCUT2D eigenvalue weighted by molar-refractivity contribution is -0.118. The molecular weight excluding hydrogens is 329 g/mol. The lowest BCUT2D eigenvalue weighted by atomic mass is 10.1. The number of carbonyl (C=O) groups excluding carboxylic acids is 1. The van der Waals surface area contributed by atoms with E-state index in [4.69, 9.17) is 4.74 Å². The van der Waals surface area contributed by atoms with Gasteiger partial charge < -0.3 is 9.64 Å². The van der Waals surface area contributed by atoms with Gasteiger partial charge in [-0.05, 0) is 18.7 Å². The summed E-state index contributed by atoms with van der Waals surface area (Å²) in [4.78, 5) is 20.8. The Morgan fingerprint density at radius 1 is 1.50 bits per heavy atom. The second-order valence-corrected chi connectivity index (χ2v) is 6.72. The number of hydrogen-bond acceptors (Lipinski definition) is 5. The van der Waals surface area contributed by atoms with E-state index in [0.717, 1.165) is 13.1 Å². The average molecular weight is 349 g/mol. The molecule has 1 aromatic heterocycles.